The lowest BCUT2D eigenvalue weighted by Gasteiger charge is -2.13. The molecule has 0 amide bonds. The lowest BCUT2D eigenvalue weighted by Crippen LogP contribution is -1.99. The first-order valence-corrected chi connectivity index (χ1v) is 6.01. The van der Waals surface area contributed by atoms with E-state index in [1.165, 1.54) is 19.2 Å². The number of carbonyl (C=O) groups is 1. The average Bonchev–Trinajstić information content (AvgIpc) is 2.86. The molecular formula is C14H14FNO4. The molecule has 0 radical (unpaired) electrons. The molecule has 0 aliphatic rings. The Kier molecular flexibility index (Phi) is 3.74. The highest BCUT2D eigenvalue weighted by Gasteiger charge is 2.18. The van der Waals surface area contributed by atoms with Crippen molar-refractivity contribution in [1.29, 1.82) is 0 Å². The Balaban J connectivity index is 2.52. The number of benzene rings is 1. The van der Waals surface area contributed by atoms with Gasteiger partial charge >= 0.3 is 5.97 Å². The van der Waals surface area contributed by atoms with Gasteiger partial charge in [-0.05, 0) is 18.1 Å². The third-order valence-corrected chi connectivity index (χ3v) is 2.90. The maximum atomic E-state index is 14.1. The molecule has 20 heavy (non-hydrogen) atoms. The fourth-order valence-electron chi connectivity index (χ4n) is 1.98. The summed E-state index contributed by atoms with van der Waals surface area (Å²) in [6, 6.07) is 4.13. The van der Waals surface area contributed by atoms with Gasteiger partial charge in [0.05, 0.1) is 7.11 Å². The minimum Gasteiger partial charge on any atom is -0.496 e. The molecule has 6 heteroatoms. The van der Waals surface area contributed by atoms with Gasteiger partial charge in [0, 0.05) is 17.2 Å². The molecule has 0 atom stereocenters. The number of hydrogen-bond donors (Lipinski definition) is 1. The van der Waals surface area contributed by atoms with Crippen LogP contribution in [-0.2, 0) is 0 Å². The van der Waals surface area contributed by atoms with Crippen LogP contribution in [0.15, 0.2) is 22.7 Å². The van der Waals surface area contributed by atoms with Crippen molar-refractivity contribution in [2.24, 2.45) is 0 Å². The average molecular weight is 279 g/mol. The van der Waals surface area contributed by atoms with Gasteiger partial charge in [0.1, 0.15) is 11.6 Å². The van der Waals surface area contributed by atoms with Crippen molar-refractivity contribution in [1.82, 2.24) is 5.16 Å². The van der Waals surface area contributed by atoms with Gasteiger partial charge in [0.15, 0.2) is 11.5 Å². The van der Waals surface area contributed by atoms with E-state index in [1.54, 1.807) is 6.07 Å². The molecule has 1 N–H and O–H groups in total. The van der Waals surface area contributed by atoms with E-state index in [4.69, 9.17) is 14.4 Å². The number of rotatable bonds is 4. The zero-order valence-electron chi connectivity index (χ0n) is 11.3. The Bertz CT molecular complexity index is 649. The minimum absolute atomic E-state index is 0.0386. The quantitative estimate of drug-likeness (QED) is 0.929. The van der Waals surface area contributed by atoms with Crippen molar-refractivity contribution < 1.29 is 23.6 Å². The van der Waals surface area contributed by atoms with Crippen LogP contribution in [0, 0.1) is 5.82 Å². The van der Waals surface area contributed by atoms with Crippen molar-refractivity contribution in [3.05, 3.63) is 35.3 Å². The van der Waals surface area contributed by atoms with E-state index in [9.17, 15) is 9.18 Å². The summed E-state index contributed by atoms with van der Waals surface area (Å²) < 4.78 is 24.2. The summed E-state index contributed by atoms with van der Waals surface area (Å²) in [5.41, 5.74) is 0.616. The monoisotopic (exact) mass is 279 g/mol. The number of carboxylic acid groups (broad SMARTS) is 1. The van der Waals surface area contributed by atoms with Crippen LogP contribution in [0.3, 0.4) is 0 Å². The van der Waals surface area contributed by atoms with E-state index >= 15 is 0 Å². The van der Waals surface area contributed by atoms with E-state index < -0.39 is 11.8 Å². The van der Waals surface area contributed by atoms with Crippen molar-refractivity contribution in [3.8, 4) is 17.1 Å². The van der Waals surface area contributed by atoms with Gasteiger partial charge in [0.2, 0.25) is 0 Å². The summed E-state index contributed by atoms with van der Waals surface area (Å²) in [5.74, 6) is -1.10. The molecule has 0 fully saturated rings. The van der Waals surface area contributed by atoms with Crippen LogP contribution in [0.25, 0.3) is 11.3 Å². The maximum Gasteiger partial charge on any atom is 0.358 e. The first kappa shape index (κ1) is 14.0. The summed E-state index contributed by atoms with van der Waals surface area (Å²) >= 11 is 0. The lowest BCUT2D eigenvalue weighted by molar-refractivity contribution is 0.0686. The highest BCUT2D eigenvalue weighted by molar-refractivity contribution is 5.86. The van der Waals surface area contributed by atoms with Crippen molar-refractivity contribution >= 4 is 5.97 Å². The molecule has 1 heterocycles. The zero-order valence-corrected chi connectivity index (χ0v) is 11.3. The molecule has 0 saturated heterocycles. The molecule has 0 spiro atoms. The third-order valence-electron chi connectivity index (χ3n) is 2.90. The molecule has 2 rings (SSSR count). The van der Waals surface area contributed by atoms with Crippen LogP contribution in [0.5, 0.6) is 5.75 Å². The van der Waals surface area contributed by atoms with Crippen molar-refractivity contribution in [2.75, 3.05) is 7.11 Å². The summed E-state index contributed by atoms with van der Waals surface area (Å²) in [7, 11) is 1.45. The van der Waals surface area contributed by atoms with Crippen molar-refractivity contribution in [2.45, 2.75) is 19.8 Å². The standard InChI is InChI=1S/C14H14FNO4/c1-7(2)13-9(15)4-8(5-12(13)19-3)11-6-10(14(17)18)16-20-11/h4-7H,1-3H3,(H,17,18). The van der Waals surface area contributed by atoms with Gasteiger partial charge < -0.3 is 14.4 Å². The molecular weight excluding hydrogens is 265 g/mol. The first-order valence-electron chi connectivity index (χ1n) is 6.01. The molecule has 0 unspecified atom stereocenters. The normalized spacial score (nSPS) is 10.8. The smallest absolute Gasteiger partial charge is 0.358 e. The maximum absolute atomic E-state index is 14.1. The Labute approximate surface area is 115 Å². The number of carboxylic acids is 1. The van der Waals surface area contributed by atoms with Crippen LogP contribution in [0.1, 0.15) is 35.8 Å². The molecule has 0 aliphatic heterocycles. The van der Waals surface area contributed by atoms with Gasteiger partial charge in [-0.2, -0.15) is 0 Å². The largest absolute Gasteiger partial charge is 0.496 e. The highest BCUT2D eigenvalue weighted by Crippen LogP contribution is 2.34. The number of hydrogen-bond acceptors (Lipinski definition) is 4. The van der Waals surface area contributed by atoms with E-state index in [0.717, 1.165) is 0 Å². The number of aromatic nitrogens is 1. The van der Waals surface area contributed by atoms with E-state index in [1.807, 2.05) is 13.8 Å². The fourth-order valence-corrected chi connectivity index (χ4v) is 1.98. The van der Waals surface area contributed by atoms with Crippen LogP contribution >= 0.6 is 0 Å². The second kappa shape index (κ2) is 5.32. The van der Waals surface area contributed by atoms with Gasteiger partial charge in [-0.3, -0.25) is 0 Å². The van der Waals surface area contributed by atoms with Crippen LogP contribution in [0.2, 0.25) is 0 Å². The minimum atomic E-state index is -1.20. The zero-order chi connectivity index (χ0) is 14.9. The topological polar surface area (TPSA) is 72.6 Å². The molecule has 0 saturated carbocycles. The molecule has 0 aliphatic carbocycles. The molecule has 1 aromatic carbocycles. The van der Waals surface area contributed by atoms with Gasteiger partial charge in [-0.15, -0.1) is 0 Å². The second-order valence-corrected chi connectivity index (χ2v) is 4.61. The van der Waals surface area contributed by atoms with E-state index in [0.29, 0.717) is 16.9 Å². The van der Waals surface area contributed by atoms with Crippen LogP contribution < -0.4 is 4.74 Å². The van der Waals surface area contributed by atoms with Gasteiger partial charge in [-0.25, -0.2) is 9.18 Å². The predicted octanol–water partition coefficient (Wildman–Crippen LogP) is 3.31. The molecule has 1 aromatic heterocycles. The number of halogens is 1. The van der Waals surface area contributed by atoms with Crippen molar-refractivity contribution in [3.63, 3.8) is 0 Å². The van der Waals surface area contributed by atoms with E-state index in [-0.39, 0.29) is 17.4 Å². The summed E-state index contributed by atoms with van der Waals surface area (Å²) in [4.78, 5) is 10.8. The van der Waals surface area contributed by atoms with E-state index in [2.05, 4.69) is 5.16 Å². The Hall–Kier alpha value is -2.37. The SMILES string of the molecule is COc1cc(-c2cc(C(=O)O)no2)cc(F)c1C(C)C. The fraction of sp³-hybridized carbons (Fsp3) is 0.286. The number of ether oxygens (including phenoxy) is 1. The van der Waals surface area contributed by atoms with Crippen LogP contribution in [0.4, 0.5) is 4.39 Å². The summed E-state index contributed by atoms with van der Waals surface area (Å²) in [6.45, 7) is 3.72. The van der Waals surface area contributed by atoms with Gasteiger partial charge in [-0.1, -0.05) is 19.0 Å². The summed E-state index contributed by atoms with van der Waals surface area (Å²) in [6.07, 6.45) is 0. The number of methoxy groups -OCH3 is 1. The predicted molar refractivity (Wildman–Crippen MR) is 69.5 cm³/mol. The molecule has 2 aromatic rings. The highest BCUT2D eigenvalue weighted by atomic mass is 19.1. The Morgan fingerprint density at radius 3 is 2.60 bits per heavy atom. The summed E-state index contributed by atoms with van der Waals surface area (Å²) in [5, 5.41) is 12.2. The van der Waals surface area contributed by atoms with Crippen LogP contribution in [-0.4, -0.2) is 23.3 Å². The Morgan fingerprint density at radius 1 is 1.40 bits per heavy atom. The first-order chi connectivity index (χ1) is 9.43. The number of nitrogens with zero attached hydrogens (tertiary/aromatic N) is 1. The van der Waals surface area contributed by atoms with Gasteiger partial charge in [0.25, 0.3) is 0 Å². The molecule has 106 valence electrons. The third kappa shape index (κ3) is 2.49. The lowest BCUT2D eigenvalue weighted by atomic mass is 9.98. The number of aromatic carboxylic acids is 1. The Morgan fingerprint density at radius 2 is 2.10 bits per heavy atom. The second-order valence-electron chi connectivity index (χ2n) is 4.61. The molecule has 5 nitrogen and oxygen atoms in total. The molecule has 0 bridgehead atoms.